The van der Waals surface area contributed by atoms with Crippen molar-refractivity contribution in [2.75, 3.05) is 13.1 Å². The minimum Gasteiger partial charge on any atom is -0.481 e. The second-order valence-corrected chi connectivity index (χ2v) is 4.30. The molecule has 2 N–H and O–H groups in total. The number of halogens is 1. The van der Waals surface area contributed by atoms with E-state index in [0.29, 0.717) is 18.8 Å². The van der Waals surface area contributed by atoms with Crippen LogP contribution >= 0.6 is 0 Å². The molecule has 16 heavy (non-hydrogen) atoms. The third-order valence-corrected chi connectivity index (χ3v) is 3.22. The van der Waals surface area contributed by atoms with Crippen LogP contribution < -0.4 is 5.32 Å². The van der Waals surface area contributed by atoms with E-state index in [1.165, 1.54) is 6.07 Å². The SMILES string of the molecule is CC1(c2ccc(F)cn2)CNCC1C(=O)O. The standard InChI is InChI=1S/C11H13FN2O2/c1-11(6-13-5-8(11)10(15)16)9-3-2-7(12)4-14-9/h2-4,8,13H,5-6H2,1H3,(H,15,16). The highest BCUT2D eigenvalue weighted by Crippen LogP contribution is 2.34. The van der Waals surface area contributed by atoms with Gasteiger partial charge in [-0.15, -0.1) is 0 Å². The number of pyridine rings is 1. The minimum absolute atomic E-state index is 0.412. The van der Waals surface area contributed by atoms with Gasteiger partial charge in [-0.05, 0) is 12.1 Å². The van der Waals surface area contributed by atoms with Crippen molar-refractivity contribution in [1.82, 2.24) is 10.3 Å². The molecule has 2 heterocycles. The van der Waals surface area contributed by atoms with E-state index in [-0.39, 0.29) is 0 Å². The molecule has 1 fully saturated rings. The smallest absolute Gasteiger partial charge is 0.308 e. The van der Waals surface area contributed by atoms with E-state index in [9.17, 15) is 9.18 Å². The maximum absolute atomic E-state index is 12.8. The molecule has 0 saturated carbocycles. The second-order valence-electron chi connectivity index (χ2n) is 4.30. The molecule has 1 saturated heterocycles. The molecule has 2 rings (SSSR count). The zero-order valence-electron chi connectivity index (χ0n) is 8.90. The van der Waals surface area contributed by atoms with Crippen LogP contribution in [0.3, 0.4) is 0 Å². The van der Waals surface area contributed by atoms with Crippen LogP contribution in [0.25, 0.3) is 0 Å². The molecule has 0 spiro atoms. The van der Waals surface area contributed by atoms with Gasteiger partial charge in [0.1, 0.15) is 5.82 Å². The highest BCUT2D eigenvalue weighted by molar-refractivity contribution is 5.73. The quantitative estimate of drug-likeness (QED) is 0.779. The third kappa shape index (κ3) is 1.67. The number of carbonyl (C=O) groups is 1. The first-order valence-electron chi connectivity index (χ1n) is 5.09. The van der Waals surface area contributed by atoms with E-state index < -0.39 is 23.1 Å². The molecule has 86 valence electrons. The molecule has 1 aromatic rings. The van der Waals surface area contributed by atoms with Crippen LogP contribution in [0.15, 0.2) is 18.3 Å². The Hall–Kier alpha value is -1.49. The summed E-state index contributed by atoms with van der Waals surface area (Å²) >= 11 is 0. The average Bonchev–Trinajstić information content (AvgIpc) is 2.62. The van der Waals surface area contributed by atoms with Gasteiger partial charge in [0.05, 0.1) is 12.1 Å². The normalized spacial score (nSPS) is 29.2. The molecular formula is C11H13FN2O2. The summed E-state index contributed by atoms with van der Waals surface area (Å²) in [7, 11) is 0. The number of hydrogen-bond donors (Lipinski definition) is 2. The molecule has 1 aliphatic heterocycles. The molecule has 2 atom stereocenters. The van der Waals surface area contributed by atoms with Gasteiger partial charge < -0.3 is 10.4 Å². The molecule has 1 aliphatic rings. The summed E-state index contributed by atoms with van der Waals surface area (Å²) in [6, 6.07) is 2.86. The fourth-order valence-corrected chi connectivity index (χ4v) is 2.17. The van der Waals surface area contributed by atoms with Crippen LogP contribution in [0.4, 0.5) is 4.39 Å². The van der Waals surface area contributed by atoms with Crippen molar-refractivity contribution in [2.24, 2.45) is 5.92 Å². The summed E-state index contributed by atoms with van der Waals surface area (Å²) in [5.74, 6) is -1.78. The van der Waals surface area contributed by atoms with Crippen LogP contribution in [0.5, 0.6) is 0 Å². The molecular weight excluding hydrogens is 211 g/mol. The first kappa shape index (κ1) is 11.0. The summed E-state index contributed by atoms with van der Waals surface area (Å²) in [6.07, 6.45) is 1.12. The van der Waals surface area contributed by atoms with E-state index in [2.05, 4.69) is 10.3 Å². The molecule has 1 aromatic heterocycles. The highest BCUT2D eigenvalue weighted by Gasteiger charge is 2.45. The van der Waals surface area contributed by atoms with Gasteiger partial charge in [0.25, 0.3) is 0 Å². The number of nitrogens with zero attached hydrogens (tertiary/aromatic N) is 1. The molecule has 5 heteroatoms. The van der Waals surface area contributed by atoms with Gasteiger partial charge >= 0.3 is 5.97 Å². The number of aromatic nitrogens is 1. The zero-order chi connectivity index (χ0) is 11.8. The largest absolute Gasteiger partial charge is 0.481 e. The topological polar surface area (TPSA) is 62.2 Å². The van der Waals surface area contributed by atoms with E-state index in [1.54, 1.807) is 6.07 Å². The summed E-state index contributed by atoms with van der Waals surface area (Å²) in [4.78, 5) is 15.1. The lowest BCUT2D eigenvalue weighted by Gasteiger charge is -2.27. The Kier molecular flexibility index (Phi) is 2.63. The highest BCUT2D eigenvalue weighted by atomic mass is 19.1. The number of aliphatic carboxylic acids is 1. The van der Waals surface area contributed by atoms with Crippen LogP contribution in [0.2, 0.25) is 0 Å². The summed E-state index contributed by atoms with van der Waals surface area (Å²) in [5.41, 5.74) is 0.0470. The molecule has 2 unspecified atom stereocenters. The summed E-state index contributed by atoms with van der Waals surface area (Å²) < 4.78 is 12.8. The summed E-state index contributed by atoms with van der Waals surface area (Å²) in [6.45, 7) is 2.81. The number of nitrogens with one attached hydrogen (secondary N) is 1. The van der Waals surface area contributed by atoms with Crippen LogP contribution in [-0.2, 0) is 10.2 Å². The maximum atomic E-state index is 12.8. The van der Waals surface area contributed by atoms with Crippen LogP contribution in [0.1, 0.15) is 12.6 Å². The Labute approximate surface area is 92.5 Å². The predicted octanol–water partition coefficient (Wildman–Crippen LogP) is 0.782. The summed E-state index contributed by atoms with van der Waals surface area (Å²) in [5, 5.41) is 12.2. The Morgan fingerprint density at radius 3 is 3.00 bits per heavy atom. The molecule has 0 radical (unpaired) electrons. The first-order valence-corrected chi connectivity index (χ1v) is 5.09. The minimum atomic E-state index is -0.848. The van der Waals surface area contributed by atoms with Gasteiger partial charge in [-0.3, -0.25) is 9.78 Å². The van der Waals surface area contributed by atoms with Crippen molar-refractivity contribution in [3.63, 3.8) is 0 Å². The van der Waals surface area contributed by atoms with Crippen molar-refractivity contribution in [2.45, 2.75) is 12.3 Å². The average molecular weight is 224 g/mol. The van der Waals surface area contributed by atoms with Crippen molar-refractivity contribution in [3.8, 4) is 0 Å². The van der Waals surface area contributed by atoms with Crippen LogP contribution in [0, 0.1) is 11.7 Å². The molecule has 0 aromatic carbocycles. The van der Waals surface area contributed by atoms with E-state index >= 15 is 0 Å². The van der Waals surface area contributed by atoms with Gasteiger partial charge in [-0.25, -0.2) is 4.39 Å². The number of rotatable bonds is 2. The van der Waals surface area contributed by atoms with E-state index in [0.717, 1.165) is 6.20 Å². The van der Waals surface area contributed by atoms with Gasteiger partial charge in [-0.1, -0.05) is 6.92 Å². The van der Waals surface area contributed by atoms with Gasteiger partial charge in [0, 0.05) is 24.2 Å². The van der Waals surface area contributed by atoms with Gasteiger partial charge in [0.15, 0.2) is 0 Å². The fourth-order valence-electron chi connectivity index (χ4n) is 2.17. The number of carboxylic acids is 1. The van der Waals surface area contributed by atoms with Crippen molar-refractivity contribution >= 4 is 5.97 Å². The Balaban J connectivity index is 2.37. The Morgan fingerprint density at radius 2 is 2.44 bits per heavy atom. The number of hydrogen-bond acceptors (Lipinski definition) is 3. The Morgan fingerprint density at radius 1 is 1.69 bits per heavy atom. The Bertz CT molecular complexity index is 407. The monoisotopic (exact) mass is 224 g/mol. The van der Waals surface area contributed by atoms with E-state index in [4.69, 9.17) is 5.11 Å². The molecule has 4 nitrogen and oxygen atoms in total. The molecule has 0 aliphatic carbocycles. The number of carboxylic acid groups (broad SMARTS) is 1. The van der Waals surface area contributed by atoms with E-state index in [1.807, 2.05) is 6.92 Å². The predicted molar refractivity (Wildman–Crippen MR) is 55.5 cm³/mol. The lowest BCUT2D eigenvalue weighted by molar-refractivity contribution is -0.142. The first-order chi connectivity index (χ1) is 7.54. The second kappa shape index (κ2) is 3.83. The fraction of sp³-hybridized carbons (Fsp3) is 0.455. The van der Waals surface area contributed by atoms with Crippen molar-refractivity contribution in [3.05, 3.63) is 29.8 Å². The molecule has 0 bridgehead atoms. The third-order valence-electron chi connectivity index (χ3n) is 3.22. The van der Waals surface area contributed by atoms with Gasteiger partial charge in [-0.2, -0.15) is 0 Å². The molecule has 0 amide bonds. The lowest BCUT2D eigenvalue weighted by atomic mass is 9.77. The van der Waals surface area contributed by atoms with Crippen molar-refractivity contribution in [1.29, 1.82) is 0 Å². The zero-order valence-corrected chi connectivity index (χ0v) is 8.90. The lowest BCUT2D eigenvalue weighted by Crippen LogP contribution is -2.37. The van der Waals surface area contributed by atoms with Gasteiger partial charge in [0.2, 0.25) is 0 Å². The van der Waals surface area contributed by atoms with Crippen LogP contribution in [-0.4, -0.2) is 29.1 Å². The van der Waals surface area contributed by atoms with Crippen molar-refractivity contribution < 1.29 is 14.3 Å². The maximum Gasteiger partial charge on any atom is 0.308 e.